The quantitative estimate of drug-likeness (QED) is 0.800. The summed E-state index contributed by atoms with van der Waals surface area (Å²) >= 11 is 6.03. The first-order valence-corrected chi connectivity index (χ1v) is 7.24. The van der Waals surface area contributed by atoms with Gasteiger partial charge in [0.1, 0.15) is 0 Å². The minimum atomic E-state index is -0.958. The molecule has 2 nitrogen and oxygen atoms in total. The largest absolute Gasteiger partial charge is 0.366 e. The molecular formula is C16H25ClO2. The van der Waals surface area contributed by atoms with E-state index in [0.29, 0.717) is 0 Å². The maximum absolute atomic E-state index is 8.60. The van der Waals surface area contributed by atoms with Crippen molar-refractivity contribution in [2.24, 2.45) is 0 Å². The highest BCUT2D eigenvalue weighted by atomic mass is 35.5. The van der Waals surface area contributed by atoms with Gasteiger partial charge in [0.05, 0.1) is 0 Å². The lowest BCUT2D eigenvalue weighted by molar-refractivity contribution is -0.155. The lowest BCUT2D eigenvalue weighted by Crippen LogP contribution is -2.20. The lowest BCUT2D eigenvalue weighted by atomic mass is 9.96. The van der Waals surface area contributed by atoms with E-state index in [9.17, 15) is 0 Å². The van der Waals surface area contributed by atoms with Crippen molar-refractivity contribution in [3.8, 4) is 0 Å². The van der Waals surface area contributed by atoms with Crippen LogP contribution in [-0.4, -0.2) is 18.0 Å². The number of hydrogen-bond acceptors (Lipinski definition) is 2. The Morgan fingerprint density at radius 2 is 1.74 bits per heavy atom. The van der Waals surface area contributed by atoms with Crippen molar-refractivity contribution in [1.82, 2.24) is 0 Å². The van der Waals surface area contributed by atoms with E-state index < -0.39 is 5.79 Å². The highest BCUT2D eigenvalue weighted by molar-refractivity contribution is 6.30. The molecule has 1 fully saturated rings. The summed E-state index contributed by atoms with van der Waals surface area (Å²) < 4.78 is 4.49. The average molecular weight is 285 g/mol. The van der Waals surface area contributed by atoms with Crippen molar-refractivity contribution in [2.75, 3.05) is 7.11 Å². The molecule has 2 rings (SSSR count). The molecule has 0 radical (unpaired) electrons. The summed E-state index contributed by atoms with van der Waals surface area (Å²) in [5.74, 6) is -0.183. The standard InChI is InChI=1S/C12H15Cl.C4H10O2/c1-9-6-11(8-12(13)7-9)10-4-2-3-5-10;1-4(2,5)6-3/h6-8,10H,2-5H2,1H3;5H,1-3H3. The van der Waals surface area contributed by atoms with Gasteiger partial charge in [-0.3, -0.25) is 0 Å². The van der Waals surface area contributed by atoms with Crippen LogP contribution in [-0.2, 0) is 4.74 Å². The fourth-order valence-corrected chi connectivity index (χ4v) is 2.56. The summed E-state index contributed by atoms with van der Waals surface area (Å²) in [5, 5.41) is 9.49. The van der Waals surface area contributed by atoms with Crippen LogP contribution in [0.2, 0.25) is 5.02 Å². The number of ether oxygens (including phenoxy) is 1. The summed E-state index contributed by atoms with van der Waals surface area (Å²) in [5.41, 5.74) is 2.73. The van der Waals surface area contributed by atoms with Crippen molar-refractivity contribution in [3.63, 3.8) is 0 Å². The number of hydrogen-bond donors (Lipinski definition) is 1. The normalized spacial score (nSPS) is 16.1. The molecule has 19 heavy (non-hydrogen) atoms. The Balaban J connectivity index is 0.000000258. The predicted molar refractivity (Wildman–Crippen MR) is 80.7 cm³/mol. The minimum Gasteiger partial charge on any atom is -0.366 e. The average Bonchev–Trinajstić information content (AvgIpc) is 2.81. The first kappa shape index (κ1) is 16.5. The molecule has 0 amide bonds. The molecule has 0 atom stereocenters. The number of rotatable bonds is 2. The zero-order valence-corrected chi connectivity index (χ0v) is 13.1. The zero-order valence-electron chi connectivity index (χ0n) is 12.4. The molecule has 1 aliphatic rings. The minimum absolute atomic E-state index is 0.775. The van der Waals surface area contributed by atoms with E-state index in [4.69, 9.17) is 16.7 Å². The van der Waals surface area contributed by atoms with Gasteiger partial charge in [-0.2, -0.15) is 0 Å². The van der Waals surface area contributed by atoms with Gasteiger partial charge in [-0.15, -0.1) is 0 Å². The Morgan fingerprint density at radius 1 is 1.21 bits per heavy atom. The molecule has 0 heterocycles. The highest BCUT2D eigenvalue weighted by Crippen LogP contribution is 2.35. The van der Waals surface area contributed by atoms with Gasteiger partial charge in [0.15, 0.2) is 5.79 Å². The van der Waals surface area contributed by atoms with Gasteiger partial charge in [-0.1, -0.05) is 30.5 Å². The number of methoxy groups -OCH3 is 1. The van der Waals surface area contributed by atoms with Crippen molar-refractivity contribution in [3.05, 3.63) is 34.3 Å². The smallest absolute Gasteiger partial charge is 0.159 e. The van der Waals surface area contributed by atoms with Gasteiger partial charge >= 0.3 is 0 Å². The summed E-state index contributed by atoms with van der Waals surface area (Å²) in [6, 6.07) is 6.44. The summed E-state index contributed by atoms with van der Waals surface area (Å²) in [6.07, 6.45) is 5.46. The van der Waals surface area contributed by atoms with E-state index in [1.807, 2.05) is 6.07 Å². The van der Waals surface area contributed by atoms with Crippen LogP contribution >= 0.6 is 11.6 Å². The number of benzene rings is 1. The summed E-state index contributed by atoms with van der Waals surface area (Å²) in [7, 11) is 1.46. The van der Waals surface area contributed by atoms with Gasteiger partial charge in [0.25, 0.3) is 0 Å². The molecule has 1 aromatic rings. The second-order valence-electron chi connectivity index (χ2n) is 5.69. The van der Waals surface area contributed by atoms with Crippen LogP contribution in [0.25, 0.3) is 0 Å². The Kier molecular flexibility index (Phi) is 6.31. The number of aryl methyl sites for hydroxylation is 1. The van der Waals surface area contributed by atoms with Crippen LogP contribution in [0.3, 0.4) is 0 Å². The van der Waals surface area contributed by atoms with Crippen LogP contribution in [0.4, 0.5) is 0 Å². The molecule has 1 saturated carbocycles. The van der Waals surface area contributed by atoms with Crippen molar-refractivity contribution < 1.29 is 9.84 Å². The molecule has 1 aliphatic carbocycles. The third kappa shape index (κ3) is 6.42. The molecule has 108 valence electrons. The van der Waals surface area contributed by atoms with Crippen LogP contribution in [0, 0.1) is 6.92 Å². The van der Waals surface area contributed by atoms with E-state index in [0.717, 1.165) is 10.9 Å². The zero-order chi connectivity index (χ0) is 14.5. The molecule has 3 heteroatoms. The molecule has 1 aromatic carbocycles. The molecule has 0 saturated heterocycles. The Bertz CT molecular complexity index is 370. The van der Waals surface area contributed by atoms with Gasteiger partial charge in [0, 0.05) is 12.1 Å². The third-order valence-electron chi connectivity index (χ3n) is 3.39. The van der Waals surface area contributed by atoms with Crippen LogP contribution in [0.15, 0.2) is 18.2 Å². The monoisotopic (exact) mass is 284 g/mol. The molecular weight excluding hydrogens is 260 g/mol. The fraction of sp³-hybridized carbons (Fsp3) is 0.625. The van der Waals surface area contributed by atoms with Gasteiger partial charge in [-0.25, -0.2) is 0 Å². The lowest BCUT2D eigenvalue weighted by Gasteiger charge is -2.12. The van der Waals surface area contributed by atoms with Crippen molar-refractivity contribution in [2.45, 2.75) is 58.2 Å². The summed E-state index contributed by atoms with van der Waals surface area (Å²) in [4.78, 5) is 0. The summed E-state index contributed by atoms with van der Waals surface area (Å²) in [6.45, 7) is 5.27. The highest BCUT2D eigenvalue weighted by Gasteiger charge is 2.17. The van der Waals surface area contributed by atoms with Crippen LogP contribution in [0.5, 0.6) is 0 Å². The van der Waals surface area contributed by atoms with Crippen molar-refractivity contribution in [1.29, 1.82) is 0 Å². The SMILES string of the molecule is COC(C)(C)O.Cc1cc(Cl)cc(C2CCCC2)c1. The molecule has 1 N–H and O–H groups in total. The third-order valence-corrected chi connectivity index (χ3v) is 3.61. The fourth-order valence-electron chi connectivity index (χ4n) is 2.26. The second kappa shape index (κ2) is 7.28. The van der Waals surface area contributed by atoms with Crippen LogP contribution in [0.1, 0.15) is 56.6 Å². The molecule has 0 bridgehead atoms. The van der Waals surface area contributed by atoms with E-state index in [-0.39, 0.29) is 0 Å². The molecule has 0 unspecified atom stereocenters. The Labute approximate surface area is 121 Å². The maximum Gasteiger partial charge on any atom is 0.159 e. The van der Waals surface area contributed by atoms with Crippen molar-refractivity contribution >= 4 is 11.6 Å². The molecule has 0 spiro atoms. The molecule has 0 aliphatic heterocycles. The first-order chi connectivity index (χ1) is 8.81. The first-order valence-electron chi connectivity index (χ1n) is 6.86. The van der Waals surface area contributed by atoms with E-state index >= 15 is 0 Å². The topological polar surface area (TPSA) is 29.5 Å². The molecule has 0 aromatic heterocycles. The van der Waals surface area contributed by atoms with Gasteiger partial charge < -0.3 is 9.84 Å². The number of halogens is 1. The predicted octanol–water partition coefficient (Wildman–Crippen LogP) is 4.67. The van der Waals surface area contributed by atoms with Gasteiger partial charge in [0.2, 0.25) is 0 Å². The van der Waals surface area contributed by atoms with Gasteiger partial charge in [-0.05, 0) is 62.8 Å². The van der Waals surface area contributed by atoms with Crippen LogP contribution < -0.4 is 0 Å². The number of aliphatic hydroxyl groups is 1. The maximum atomic E-state index is 8.60. The van der Waals surface area contributed by atoms with E-state index in [1.165, 1.54) is 43.9 Å². The van der Waals surface area contributed by atoms with E-state index in [2.05, 4.69) is 23.8 Å². The Hall–Kier alpha value is -0.570. The van der Waals surface area contributed by atoms with E-state index in [1.54, 1.807) is 13.8 Å². The second-order valence-corrected chi connectivity index (χ2v) is 6.13. The Morgan fingerprint density at radius 3 is 2.16 bits per heavy atom.